The number of amides is 1. The van der Waals surface area contributed by atoms with Gasteiger partial charge >= 0.3 is 6.61 Å². The van der Waals surface area contributed by atoms with E-state index in [0.29, 0.717) is 16.9 Å². The summed E-state index contributed by atoms with van der Waals surface area (Å²) in [4.78, 5) is 23.4. The van der Waals surface area contributed by atoms with Gasteiger partial charge in [-0.05, 0) is 73.0 Å². The first-order valence-corrected chi connectivity index (χ1v) is 13.2. The number of nitrogens with zero attached hydrogens (tertiary/aromatic N) is 3. The second-order valence-corrected chi connectivity index (χ2v) is 9.92. The molecule has 5 rings (SSSR count). The van der Waals surface area contributed by atoms with Gasteiger partial charge in [-0.25, -0.2) is 14.4 Å². The Labute approximate surface area is 234 Å². The van der Waals surface area contributed by atoms with Crippen molar-refractivity contribution in [2.75, 3.05) is 18.4 Å². The van der Waals surface area contributed by atoms with Crippen LogP contribution in [0.4, 0.5) is 18.9 Å². The number of pyridine rings is 2. The summed E-state index contributed by atoms with van der Waals surface area (Å²) < 4.78 is 43.5. The highest BCUT2D eigenvalue weighted by atomic mass is 35.5. The summed E-state index contributed by atoms with van der Waals surface area (Å²) >= 11 is 5.92. The van der Waals surface area contributed by atoms with Crippen molar-refractivity contribution in [1.82, 2.24) is 14.9 Å². The van der Waals surface area contributed by atoms with Gasteiger partial charge in [-0.3, -0.25) is 9.69 Å². The molecule has 6 nitrogen and oxygen atoms in total. The zero-order valence-electron chi connectivity index (χ0n) is 21.4. The van der Waals surface area contributed by atoms with Gasteiger partial charge in [0.15, 0.2) is 0 Å². The normalized spacial score (nSPS) is 14.3. The van der Waals surface area contributed by atoms with Gasteiger partial charge < -0.3 is 10.1 Å². The van der Waals surface area contributed by atoms with Crippen molar-refractivity contribution in [1.29, 1.82) is 0 Å². The van der Waals surface area contributed by atoms with Crippen LogP contribution in [-0.4, -0.2) is 40.5 Å². The number of hydrogen-bond donors (Lipinski definition) is 1. The summed E-state index contributed by atoms with van der Waals surface area (Å²) in [5.41, 5.74) is 4.39. The molecule has 1 N–H and O–H groups in total. The number of aromatic nitrogens is 2. The summed E-state index contributed by atoms with van der Waals surface area (Å²) in [5.74, 6) is -0.926. The van der Waals surface area contributed by atoms with Gasteiger partial charge in [-0.1, -0.05) is 48.0 Å². The van der Waals surface area contributed by atoms with Crippen LogP contribution >= 0.6 is 11.6 Å². The van der Waals surface area contributed by atoms with E-state index in [1.807, 2.05) is 12.1 Å². The highest BCUT2D eigenvalue weighted by molar-refractivity contribution is 6.29. The molecule has 0 radical (unpaired) electrons. The molecule has 2 aromatic heterocycles. The number of hydrogen-bond acceptors (Lipinski definition) is 5. The Morgan fingerprint density at radius 1 is 1.00 bits per heavy atom. The largest absolute Gasteiger partial charge is 0.417 e. The van der Waals surface area contributed by atoms with Crippen molar-refractivity contribution < 1.29 is 22.7 Å². The van der Waals surface area contributed by atoms with Crippen molar-refractivity contribution >= 4 is 23.2 Å². The number of carbonyl (C=O) groups excluding carboxylic acids is 1. The molecule has 4 aromatic rings. The Bertz CT molecular complexity index is 1460. The lowest BCUT2D eigenvalue weighted by Gasteiger charge is -2.32. The van der Waals surface area contributed by atoms with Crippen LogP contribution in [0.2, 0.25) is 5.15 Å². The maximum absolute atomic E-state index is 13.2. The van der Waals surface area contributed by atoms with Crippen molar-refractivity contribution in [2.24, 2.45) is 0 Å². The zero-order chi connectivity index (χ0) is 28.1. The number of carbonyl (C=O) groups is 1. The number of likely N-dealkylation sites (tertiary alicyclic amines) is 1. The third-order valence-corrected chi connectivity index (χ3v) is 7.06. The molecule has 0 bridgehead atoms. The maximum atomic E-state index is 13.2. The maximum Gasteiger partial charge on any atom is 0.388 e. The predicted octanol–water partition coefficient (Wildman–Crippen LogP) is 7.17. The molecular formula is C30H26ClF3N4O2. The molecule has 0 unspecified atom stereocenters. The summed E-state index contributed by atoms with van der Waals surface area (Å²) in [6.07, 6.45) is 2.88. The lowest BCUT2D eigenvalue weighted by atomic mass is 9.91. The van der Waals surface area contributed by atoms with E-state index in [1.165, 1.54) is 42.6 Å². The van der Waals surface area contributed by atoms with E-state index < -0.39 is 12.5 Å². The van der Waals surface area contributed by atoms with Crippen molar-refractivity contribution in [3.8, 4) is 17.0 Å². The molecule has 10 heteroatoms. The second kappa shape index (κ2) is 12.5. The van der Waals surface area contributed by atoms with E-state index in [2.05, 4.69) is 37.1 Å². The number of nitrogens with one attached hydrogen (secondary N) is 1. The van der Waals surface area contributed by atoms with E-state index in [1.54, 1.807) is 12.1 Å². The van der Waals surface area contributed by atoms with Crippen LogP contribution in [0, 0.1) is 5.82 Å². The van der Waals surface area contributed by atoms with Crippen LogP contribution in [0.5, 0.6) is 5.88 Å². The van der Waals surface area contributed by atoms with Crippen LogP contribution in [0.1, 0.15) is 40.4 Å². The molecule has 0 spiro atoms. The average Bonchev–Trinajstić information content (AvgIpc) is 2.95. The van der Waals surface area contributed by atoms with Crippen LogP contribution in [0.3, 0.4) is 0 Å². The van der Waals surface area contributed by atoms with E-state index in [9.17, 15) is 18.0 Å². The fraction of sp³-hybridized carbons (Fsp3) is 0.233. The fourth-order valence-electron chi connectivity index (χ4n) is 4.84. The number of anilines is 1. The molecule has 1 amide bonds. The molecule has 206 valence electrons. The Balaban J connectivity index is 1.26. The van der Waals surface area contributed by atoms with Gasteiger partial charge in [0.2, 0.25) is 5.88 Å². The summed E-state index contributed by atoms with van der Waals surface area (Å²) in [6.45, 7) is -0.722. The van der Waals surface area contributed by atoms with Crippen molar-refractivity contribution in [3.05, 3.63) is 107 Å². The highest BCUT2D eigenvalue weighted by Crippen LogP contribution is 2.34. The Kier molecular flexibility index (Phi) is 8.62. The number of benzene rings is 2. The Hall–Kier alpha value is -3.95. The lowest BCUT2D eigenvalue weighted by molar-refractivity contribution is -0.0530. The number of piperidine rings is 1. The molecule has 3 heterocycles. The van der Waals surface area contributed by atoms with E-state index in [-0.39, 0.29) is 22.8 Å². The highest BCUT2D eigenvalue weighted by Gasteiger charge is 2.26. The van der Waals surface area contributed by atoms with Gasteiger partial charge in [0.1, 0.15) is 11.0 Å². The SMILES string of the molecule is O=C(Nc1ccc(OC(F)F)nc1C1CCN(Cc2ccc(-c3ccc(F)cc3)cc2)CC1)c1ccnc(Cl)c1. The monoisotopic (exact) mass is 566 g/mol. The molecule has 1 aliphatic heterocycles. The second-order valence-electron chi connectivity index (χ2n) is 9.54. The first-order valence-electron chi connectivity index (χ1n) is 12.8. The standard InChI is InChI=1S/C30H26ClF3N4O2/c31-26-17-23(11-14-35-26)29(39)36-25-9-10-27(40-30(33)34)37-28(25)22-12-15-38(16-13-22)18-19-1-3-20(4-2-19)21-5-7-24(32)8-6-21/h1-11,14,17,22,30H,12-13,15-16,18H2,(H,36,39). The minimum Gasteiger partial charge on any atom is -0.417 e. The average molecular weight is 567 g/mol. The molecule has 2 aromatic carbocycles. The summed E-state index contributed by atoms with van der Waals surface area (Å²) in [5, 5.41) is 3.02. The number of rotatable bonds is 8. The summed E-state index contributed by atoms with van der Waals surface area (Å²) in [6, 6.07) is 20.4. The van der Waals surface area contributed by atoms with Crippen molar-refractivity contribution in [2.45, 2.75) is 31.9 Å². The van der Waals surface area contributed by atoms with E-state index >= 15 is 0 Å². The number of ether oxygens (including phenoxy) is 1. The number of halogens is 4. The van der Waals surface area contributed by atoms with Crippen LogP contribution in [-0.2, 0) is 6.54 Å². The third-order valence-electron chi connectivity index (χ3n) is 6.86. The van der Waals surface area contributed by atoms with Crippen LogP contribution in [0.15, 0.2) is 79.0 Å². The zero-order valence-corrected chi connectivity index (χ0v) is 22.1. The predicted molar refractivity (Wildman–Crippen MR) is 147 cm³/mol. The van der Waals surface area contributed by atoms with Crippen LogP contribution < -0.4 is 10.1 Å². The smallest absolute Gasteiger partial charge is 0.388 e. The van der Waals surface area contributed by atoms with E-state index in [4.69, 9.17) is 11.6 Å². The Morgan fingerprint density at radius 2 is 1.68 bits per heavy atom. The molecule has 40 heavy (non-hydrogen) atoms. The molecule has 1 saturated heterocycles. The minimum absolute atomic E-state index is 0.0605. The van der Waals surface area contributed by atoms with Crippen LogP contribution in [0.25, 0.3) is 11.1 Å². The molecule has 1 fully saturated rings. The van der Waals surface area contributed by atoms with Gasteiger partial charge in [0.25, 0.3) is 5.91 Å². The van der Waals surface area contributed by atoms with E-state index in [0.717, 1.165) is 49.2 Å². The first kappa shape index (κ1) is 27.6. The quantitative estimate of drug-likeness (QED) is 0.229. The molecule has 1 aliphatic rings. The van der Waals surface area contributed by atoms with Gasteiger partial charge in [-0.2, -0.15) is 8.78 Å². The minimum atomic E-state index is -3.00. The van der Waals surface area contributed by atoms with Gasteiger partial charge in [-0.15, -0.1) is 0 Å². The van der Waals surface area contributed by atoms with Crippen molar-refractivity contribution in [3.63, 3.8) is 0 Å². The lowest BCUT2D eigenvalue weighted by Crippen LogP contribution is -2.33. The number of alkyl halides is 2. The topological polar surface area (TPSA) is 67.3 Å². The molecule has 0 atom stereocenters. The molecule has 0 saturated carbocycles. The first-order chi connectivity index (χ1) is 19.3. The Morgan fingerprint density at radius 3 is 2.33 bits per heavy atom. The third kappa shape index (κ3) is 6.97. The fourth-order valence-corrected chi connectivity index (χ4v) is 5.01. The summed E-state index contributed by atoms with van der Waals surface area (Å²) in [7, 11) is 0. The van der Waals surface area contributed by atoms with Gasteiger partial charge in [0, 0.05) is 30.3 Å². The molecular weight excluding hydrogens is 541 g/mol. The molecule has 0 aliphatic carbocycles. The van der Waals surface area contributed by atoms with Gasteiger partial charge in [0.05, 0.1) is 11.4 Å².